The van der Waals surface area contributed by atoms with Crippen LogP contribution in [0.25, 0.3) is 5.76 Å². The molecule has 2 N–H and O–H groups in total. The number of nitrogens with one attached hydrogen (secondary N) is 1. The third-order valence-electron chi connectivity index (χ3n) is 3.27. The van der Waals surface area contributed by atoms with Gasteiger partial charge in [-0.15, -0.1) is 0 Å². The number of ketones is 1. The molecule has 0 aliphatic carbocycles. The van der Waals surface area contributed by atoms with Crippen molar-refractivity contribution in [3.05, 3.63) is 77.9 Å². The topological polar surface area (TPSA) is 83.8 Å². The van der Waals surface area contributed by atoms with Crippen LogP contribution in [0.15, 0.2) is 55.0 Å². The Balaban J connectivity index is 1.81. The van der Waals surface area contributed by atoms with E-state index in [1.54, 1.807) is 35.0 Å². The Morgan fingerprint density at radius 1 is 1.30 bits per heavy atom. The van der Waals surface area contributed by atoms with E-state index >= 15 is 0 Å². The largest absolute Gasteiger partial charge is 0.504 e. The molecular weight excluding hydrogens is 299 g/mol. The highest BCUT2D eigenvalue weighted by molar-refractivity contribution is 6.06. The first kappa shape index (κ1) is 14.7. The summed E-state index contributed by atoms with van der Waals surface area (Å²) in [5.41, 5.74) is 1.26. The number of benzene rings is 1. The van der Waals surface area contributed by atoms with E-state index in [1.165, 1.54) is 18.5 Å². The number of hydrogen-bond donors (Lipinski definition) is 2. The van der Waals surface area contributed by atoms with Gasteiger partial charge in [0, 0.05) is 18.8 Å². The maximum absolute atomic E-state index is 12.9. The summed E-state index contributed by atoms with van der Waals surface area (Å²) in [6.07, 6.45) is 4.06. The van der Waals surface area contributed by atoms with Crippen molar-refractivity contribution in [2.24, 2.45) is 0 Å². The Morgan fingerprint density at radius 3 is 2.78 bits per heavy atom. The van der Waals surface area contributed by atoms with Crippen LogP contribution in [0.1, 0.15) is 21.9 Å². The number of carbonyl (C=O) groups excluding carboxylic acids is 1. The summed E-state index contributed by atoms with van der Waals surface area (Å²) >= 11 is 0. The standard InChI is InChI=1S/C16H13FN4O2/c17-12-5-3-11(4-6-12)9-21-7-1-2-13(21)14(22)8-15(23)16-18-10-19-20-16/h1-8,10,23H,9H2,(H,18,19,20)/b15-8-. The molecule has 0 amide bonds. The molecule has 6 nitrogen and oxygen atoms in total. The summed E-state index contributed by atoms with van der Waals surface area (Å²) in [5.74, 6) is -0.847. The van der Waals surface area contributed by atoms with E-state index in [1.807, 2.05) is 0 Å². The number of allylic oxidation sites excluding steroid dienone is 1. The molecule has 0 radical (unpaired) electrons. The van der Waals surface area contributed by atoms with Gasteiger partial charge in [-0.1, -0.05) is 12.1 Å². The second-order valence-electron chi connectivity index (χ2n) is 4.88. The molecule has 0 spiro atoms. The van der Waals surface area contributed by atoms with Crippen molar-refractivity contribution in [1.82, 2.24) is 19.7 Å². The molecule has 7 heteroatoms. The number of aromatic amines is 1. The minimum atomic E-state index is -0.369. The number of rotatable bonds is 5. The van der Waals surface area contributed by atoms with E-state index in [-0.39, 0.29) is 23.2 Å². The summed E-state index contributed by atoms with van der Waals surface area (Å²) in [6.45, 7) is 0.422. The van der Waals surface area contributed by atoms with Crippen LogP contribution in [0.4, 0.5) is 4.39 Å². The van der Waals surface area contributed by atoms with E-state index in [2.05, 4.69) is 15.2 Å². The minimum absolute atomic E-state index is 0.120. The van der Waals surface area contributed by atoms with Crippen LogP contribution >= 0.6 is 0 Å². The molecule has 0 unspecified atom stereocenters. The number of carbonyl (C=O) groups is 1. The number of H-pyrrole nitrogens is 1. The highest BCUT2D eigenvalue weighted by Gasteiger charge is 2.12. The van der Waals surface area contributed by atoms with Crippen LogP contribution in [0.5, 0.6) is 0 Å². The zero-order valence-corrected chi connectivity index (χ0v) is 12.0. The molecular formula is C16H13FN4O2. The lowest BCUT2D eigenvalue weighted by Crippen LogP contribution is -2.08. The van der Waals surface area contributed by atoms with Gasteiger partial charge in [-0.3, -0.25) is 9.89 Å². The van der Waals surface area contributed by atoms with Gasteiger partial charge in [0.15, 0.2) is 11.6 Å². The van der Waals surface area contributed by atoms with Gasteiger partial charge in [0.1, 0.15) is 12.1 Å². The molecule has 0 saturated heterocycles. The maximum atomic E-state index is 12.9. The Kier molecular flexibility index (Phi) is 4.01. The number of halogens is 1. The fourth-order valence-corrected chi connectivity index (χ4v) is 2.16. The number of nitrogens with zero attached hydrogens (tertiary/aromatic N) is 3. The fraction of sp³-hybridized carbons (Fsp3) is 0.0625. The molecule has 0 fully saturated rings. The highest BCUT2D eigenvalue weighted by atomic mass is 19.1. The van der Waals surface area contributed by atoms with Gasteiger partial charge in [0.25, 0.3) is 0 Å². The lowest BCUT2D eigenvalue weighted by Gasteiger charge is -2.07. The minimum Gasteiger partial charge on any atom is -0.504 e. The molecule has 23 heavy (non-hydrogen) atoms. The van der Waals surface area contributed by atoms with Crippen molar-refractivity contribution in [3.63, 3.8) is 0 Å². The number of hydrogen-bond acceptors (Lipinski definition) is 4. The van der Waals surface area contributed by atoms with Crippen molar-refractivity contribution in [2.75, 3.05) is 0 Å². The molecule has 1 aromatic carbocycles. The number of aromatic nitrogens is 4. The molecule has 0 aliphatic rings. The molecule has 0 aliphatic heterocycles. The van der Waals surface area contributed by atoms with Gasteiger partial charge >= 0.3 is 0 Å². The van der Waals surface area contributed by atoms with Gasteiger partial charge in [0.05, 0.1) is 5.69 Å². The van der Waals surface area contributed by atoms with Crippen molar-refractivity contribution in [2.45, 2.75) is 6.54 Å². The van der Waals surface area contributed by atoms with E-state index in [0.717, 1.165) is 11.6 Å². The van der Waals surface area contributed by atoms with E-state index < -0.39 is 0 Å². The quantitative estimate of drug-likeness (QED) is 0.431. The second-order valence-corrected chi connectivity index (χ2v) is 4.88. The number of aliphatic hydroxyl groups excluding tert-OH is 1. The van der Waals surface area contributed by atoms with E-state index in [4.69, 9.17) is 0 Å². The molecule has 2 aromatic heterocycles. The van der Waals surface area contributed by atoms with E-state index in [0.29, 0.717) is 12.2 Å². The van der Waals surface area contributed by atoms with Crippen LogP contribution in [0.2, 0.25) is 0 Å². The molecule has 3 rings (SSSR count). The summed E-state index contributed by atoms with van der Waals surface area (Å²) in [4.78, 5) is 16.1. The zero-order chi connectivity index (χ0) is 16.2. The highest BCUT2D eigenvalue weighted by Crippen LogP contribution is 2.12. The van der Waals surface area contributed by atoms with Crippen LogP contribution in [-0.4, -0.2) is 30.6 Å². The predicted octanol–water partition coefficient (Wildman–Crippen LogP) is 2.58. The first-order valence-electron chi connectivity index (χ1n) is 6.84. The van der Waals surface area contributed by atoms with Gasteiger partial charge < -0.3 is 9.67 Å². The average Bonchev–Trinajstić information content (AvgIpc) is 3.20. The Morgan fingerprint density at radius 2 is 2.09 bits per heavy atom. The van der Waals surface area contributed by atoms with Crippen molar-refractivity contribution >= 4 is 11.5 Å². The van der Waals surface area contributed by atoms with Crippen molar-refractivity contribution < 1.29 is 14.3 Å². The third-order valence-corrected chi connectivity index (χ3v) is 3.27. The third kappa shape index (κ3) is 3.34. The smallest absolute Gasteiger partial charge is 0.206 e. The van der Waals surface area contributed by atoms with Gasteiger partial charge in [-0.25, -0.2) is 9.37 Å². The van der Waals surface area contributed by atoms with Crippen molar-refractivity contribution in [3.8, 4) is 0 Å². The Bertz CT molecular complexity index is 835. The maximum Gasteiger partial charge on any atom is 0.206 e. The van der Waals surface area contributed by atoms with Crippen LogP contribution < -0.4 is 0 Å². The van der Waals surface area contributed by atoms with E-state index in [9.17, 15) is 14.3 Å². The fourth-order valence-electron chi connectivity index (χ4n) is 2.16. The van der Waals surface area contributed by atoms with Crippen LogP contribution in [0, 0.1) is 5.82 Å². The lowest BCUT2D eigenvalue weighted by atomic mass is 10.2. The molecule has 0 bridgehead atoms. The molecule has 3 aromatic rings. The summed E-state index contributed by atoms with van der Waals surface area (Å²) in [5, 5.41) is 15.9. The molecule has 2 heterocycles. The first-order chi connectivity index (χ1) is 11.1. The Hall–Kier alpha value is -3.22. The zero-order valence-electron chi connectivity index (χ0n) is 12.0. The average molecular weight is 312 g/mol. The van der Waals surface area contributed by atoms with Crippen LogP contribution in [0.3, 0.4) is 0 Å². The van der Waals surface area contributed by atoms with Crippen LogP contribution in [-0.2, 0) is 6.54 Å². The molecule has 0 saturated carbocycles. The monoisotopic (exact) mass is 312 g/mol. The van der Waals surface area contributed by atoms with Gasteiger partial charge in [-0.2, -0.15) is 5.10 Å². The lowest BCUT2D eigenvalue weighted by molar-refractivity contribution is 0.103. The van der Waals surface area contributed by atoms with Gasteiger partial charge in [-0.05, 0) is 29.8 Å². The normalized spacial score (nSPS) is 11.6. The van der Waals surface area contributed by atoms with Crippen molar-refractivity contribution in [1.29, 1.82) is 0 Å². The summed E-state index contributed by atoms with van der Waals surface area (Å²) in [6, 6.07) is 9.44. The summed E-state index contributed by atoms with van der Waals surface area (Å²) in [7, 11) is 0. The molecule has 116 valence electrons. The predicted molar refractivity (Wildman–Crippen MR) is 81.3 cm³/mol. The molecule has 0 atom stereocenters. The second kappa shape index (κ2) is 6.27. The SMILES string of the molecule is O=C(/C=C(\O)c1ncn[nH]1)c1cccn1Cc1ccc(F)cc1. The van der Waals surface area contributed by atoms with Gasteiger partial charge in [0.2, 0.25) is 5.78 Å². The summed E-state index contributed by atoms with van der Waals surface area (Å²) < 4.78 is 14.7. The Labute approximate surface area is 130 Å². The number of aliphatic hydroxyl groups is 1. The first-order valence-corrected chi connectivity index (χ1v) is 6.84.